The van der Waals surface area contributed by atoms with Gasteiger partial charge in [-0.1, -0.05) is 18.2 Å². The average molecular weight is 425 g/mol. The standard InChI is InChI=1S/C17H17BrN2O4S/c1-20(11-16(21)19-15-9-4-3-8-14(15)18)17(22)12-6-5-7-13(10-12)25(2,23)24/h3-10H,11H2,1-2H3,(H,19,21). The van der Waals surface area contributed by atoms with Gasteiger partial charge in [0, 0.05) is 23.3 Å². The van der Waals surface area contributed by atoms with Crippen LogP contribution in [-0.2, 0) is 14.6 Å². The monoisotopic (exact) mass is 424 g/mol. The molecule has 0 fully saturated rings. The van der Waals surface area contributed by atoms with E-state index in [9.17, 15) is 18.0 Å². The highest BCUT2D eigenvalue weighted by Gasteiger charge is 2.17. The van der Waals surface area contributed by atoms with Gasteiger partial charge in [-0.05, 0) is 46.3 Å². The lowest BCUT2D eigenvalue weighted by Crippen LogP contribution is -2.35. The van der Waals surface area contributed by atoms with E-state index in [4.69, 9.17) is 0 Å². The SMILES string of the molecule is CN(CC(=O)Nc1ccccc1Br)C(=O)c1cccc(S(C)(=O)=O)c1. The predicted molar refractivity (Wildman–Crippen MR) is 99.3 cm³/mol. The molecule has 0 bridgehead atoms. The highest BCUT2D eigenvalue weighted by Crippen LogP contribution is 2.21. The fourth-order valence-electron chi connectivity index (χ4n) is 2.12. The first-order valence-electron chi connectivity index (χ1n) is 7.28. The van der Waals surface area contributed by atoms with Gasteiger partial charge in [0.25, 0.3) is 5.91 Å². The number of sulfone groups is 1. The molecule has 2 amide bonds. The van der Waals surface area contributed by atoms with Gasteiger partial charge >= 0.3 is 0 Å². The van der Waals surface area contributed by atoms with Crippen LogP contribution in [0.3, 0.4) is 0 Å². The van der Waals surface area contributed by atoms with Crippen molar-refractivity contribution in [3.63, 3.8) is 0 Å². The van der Waals surface area contributed by atoms with Crippen molar-refractivity contribution in [2.45, 2.75) is 4.90 Å². The summed E-state index contributed by atoms with van der Waals surface area (Å²) in [5.41, 5.74) is 0.812. The van der Waals surface area contributed by atoms with Crippen LogP contribution in [0.1, 0.15) is 10.4 Å². The third-order valence-corrected chi connectivity index (χ3v) is 5.19. The minimum Gasteiger partial charge on any atom is -0.332 e. The minimum absolute atomic E-state index is 0.0596. The van der Waals surface area contributed by atoms with E-state index in [-0.39, 0.29) is 22.9 Å². The van der Waals surface area contributed by atoms with Crippen LogP contribution in [-0.4, -0.2) is 45.0 Å². The van der Waals surface area contributed by atoms with Crippen LogP contribution in [0.5, 0.6) is 0 Å². The number of nitrogens with zero attached hydrogens (tertiary/aromatic N) is 1. The lowest BCUT2D eigenvalue weighted by molar-refractivity contribution is -0.116. The van der Waals surface area contributed by atoms with Gasteiger partial charge in [-0.15, -0.1) is 0 Å². The number of anilines is 1. The van der Waals surface area contributed by atoms with Crippen molar-refractivity contribution in [3.05, 3.63) is 58.6 Å². The van der Waals surface area contributed by atoms with Crippen LogP contribution in [0.2, 0.25) is 0 Å². The number of hydrogen-bond acceptors (Lipinski definition) is 4. The van der Waals surface area contributed by atoms with Gasteiger partial charge in [0.15, 0.2) is 9.84 Å². The van der Waals surface area contributed by atoms with Crippen molar-refractivity contribution in [3.8, 4) is 0 Å². The Morgan fingerprint density at radius 2 is 1.80 bits per heavy atom. The molecule has 0 heterocycles. The molecule has 132 valence electrons. The molecule has 0 saturated heterocycles. The van der Waals surface area contributed by atoms with E-state index in [1.54, 1.807) is 18.2 Å². The molecule has 0 radical (unpaired) electrons. The van der Waals surface area contributed by atoms with E-state index in [1.165, 1.54) is 36.2 Å². The molecule has 0 spiro atoms. The van der Waals surface area contributed by atoms with E-state index in [2.05, 4.69) is 21.2 Å². The molecule has 1 N–H and O–H groups in total. The number of nitrogens with one attached hydrogen (secondary N) is 1. The molecule has 0 saturated carbocycles. The van der Waals surface area contributed by atoms with Crippen molar-refractivity contribution in [2.24, 2.45) is 0 Å². The van der Waals surface area contributed by atoms with Gasteiger partial charge in [0.1, 0.15) is 0 Å². The number of para-hydroxylation sites is 1. The molecule has 0 aliphatic carbocycles. The lowest BCUT2D eigenvalue weighted by atomic mass is 10.2. The Labute approximate surface area is 154 Å². The summed E-state index contributed by atoms with van der Waals surface area (Å²) in [5, 5.41) is 2.71. The van der Waals surface area contributed by atoms with Crippen molar-refractivity contribution >= 4 is 43.3 Å². The summed E-state index contributed by atoms with van der Waals surface area (Å²) < 4.78 is 23.9. The summed E-state index contributed by atoms with van der Waals surface area (Å²) in [4.78, 5) is 25.8. The highest BCUT2D eigenvalue weighted by molar-refractivity contribution is 9.10. The maximum absolute atomic E-state index is 12.4. The van der Waals surface area contributed by atoms with Gasteiger partial charge in [0.2, 0.25) is 5.91 Å². The average Bonchev–Trinajstić information content (AvgIpc) is 2.55. The second-order valence-corrected chi connectivity index (χ2v) is 8.36. The summed E-state index contributed by atoms with van der Waals surface area (Å²) in [7, 11) is -1.93. The van der Waals surface area contributed by atoms with Gasteiger partial charge < -0.3 is 10.2 Å². The molecule has 6 nitrogen and oxygen atoms in total. The number of benzene rings is 2. The van der Waals surface area contributed by atoms with Crippen LogP contribution in [0.15, 0.2) is 57.9 Å². The number of hydrogen-bond donors (Lipinski definition) is 1. The molecule has 0 aliphatic rings. The molecule has 25 heavy (non-hydrogen) atoms. The molecule has 0 aliphatic heterocycles. The first-order chi connectivity index (χ1) is 11.7. The predicted octanol–water partition coefficient (Wildman–Crippen LogP) is 2.56. The Morgan fingerprint density at radius 3 is 2.44 bits per heavy atom. The fraction of sp³-hybridized carbons (Fsp3) is 0.176. The van der Waals surface area contributed by atoms with Gasteiger partial charge in [0.05, 0.1) is 17.1 Å². The van der Waals surface area contributed by atoms with Crippen molar-refractivity contribution in [1.82, 2.24) is 4.90 Å². The Kier molecular flexibility index (Phi) is 5.97. The van der Waals surface area contributed by atoms with Crippen molar-refractivity contribution < 1.29 is 18.0 Å². The van der Waals surface area contributed by atoms with E-state index in [0.29, 0.717) is 5.69 Å². The van der Waals surface area contributed by atoms with Gasteiger partial charge in [-0.3, -0.25) is 9.59 Å². The van der Waals surface area contributed by atoms with Crippen LogP contribution in [0.4, 0.5) is 5.69 Å². The maximum atomic E-state index is 12.4. The third kappa shape index (κ3) is 5.14. The molecule has 8 heteroatoms. The fourth-order valence-corrected chi connectivity index (χ4v) is 3.17. The number of likely N-dealkylation sites (N-methyl/N-ethyl adjacent to an activating group) is 1. The van der Waals surface area contributed by atoms with Crippen LogP contribution >= 0.6 is 15.9 Å². The van der Waals surface area contributed by atoms with Crippen LogP contribution < -0.4 is 5.32 Å². The molecule has 0 aromatic heterocycles. The summed E-state index contributed by atoms with van der Waals surface area (Å²) in [6.07, 6.45) is 1.07. The Balaban J connectivity index is 2.08. The number of amides is 2. The second kappa shape index (κ2) is 7.79. The minimum atomic E-state index is -3.41. The molecule has 2 aromatic rings. The second-order valence-electron chi connectivity index (χ2n) is 5.49. The summed E-state index contributed by atoms with van der Waals surface area (Å²) in [5.74, 6) is -0.796. The Bertz CT molecular complexity index is 912. The summed E-state index contributed by atoms with van der Waals surface area (Å²) in [6.45, 7) is -0.163. The van der Waals surface area contributed by atoms with E-state index in [0.717, 1.165) is 10.7 Å². The topological polar surface area (TPSA) is 83.6 Å². The molecule has 0 atom stereocenters. The number of rotatable bonds is 5. The largest absolute Gasteiger partial charge is 0.332 e. The number of carbonyl (C=O) groups is 2. The summed E-state index contributed by atoms with van der Waals surface area (Å²) >= 11 is 3.33. The Hall–Kier alpha value is -2.19. The molecule has 2 rings (SSSR count). The van der Waals surface area contributed by atoms with E-state index >= 15 is 0 Å². The van der Waals surface area contributed by atoms with Gasteiger partial charge in [-0.2, -0.15) is 0 Å². The molecular formula is C17H17BrN2O4S. The smallest absolute Gasteiger partial charge is 0.254 e. The maximum Gasteiger partial charge on any atom is 0.254 e. The lowest BCUT2D eigenvalue weighted by Gasteiger charge is -2.17. The first kappa shape index (κ1) is 19.1. The zero-order chi connectivity index (χ0) is 18.6. The van der Waals surface area contributed by atoms with Crippen molar-refractivity contribution in [1.29, 1.82) is 0 Å². The number of halogens is 1. The quantitative estimate of drug-likeness (QED) is 0.798. The van der Waals surface area contributed by atoms with E-state index in [1.807, 2.05) is 6.07 Å². The Morgan fingerprint density at radius 1 is 1.12 bits per heavy atom. The highest BCUT2D eigenvalue weighted by atomic mass is 79.9. The third-order valence-electron chi connectivity index (χ3n) is 3.38. The zero-order valence-corrected chi connectivity index (χ0v) is 16.1. The first-order valence-corrected chi connectivity index (χ1v) is 9.97. The normalized spacial score (nSPS) is 11.0. The van der Waals surface area contributed by atoms with Crippen LogP contribution in [0, 0.1) is 0 Å². The van der Waals surface area contributed by atoms with Gasteiger partial charge in [-0.25, -0.2) is 8.42 Å². The zero-order valence-electron chi connectivity index (χ0n) is 13.7. The number of carbonyl (C=O) groups excluding carboxylic acids is 2. The molecule has 0 unspecified atom stereocenters. The van der Waals surface area contributed by atoms with Crippen LogP contribution in [0.25, 0.3) is 0 Å². The van der Waals surface area contributed by atoms with E-state index < -0.39 is 15.7 Å². The molecule has 2 aromatic carbocycles. The summed E-state index contributed by atoms with van der Waals surface area (Å²) in [6, 6.07) is 12.9. The van der Waals surface area contributed by atoms with Crippen molar-refractivity contribution in [2.75, 3.05) is 25.2 Å². The molecular weight excluding hydrogens is 408 g/mol.